The lowest BCUT2D eigenvalue weighted by molar-refractivity contribution is 1.21. The first-order chi connectivity index (χ1) is 8.79. The molecule has 0 amide bonds. The van der Waals surface area contributed by atoms with Gasteiger partial charge < -0.3 is 11.6 Å². The van der Waals surface area contributed by atoms with Crippen molar-refractivity contribution in [1.29, 1.82) is 0 Å². The minimum absolute atomic E-state index is 0.0750. The predicted molar refractivity (Wildman–Crippen MR) is 75.3 cm³/mol. The summed E-state index contributed by atoms with van der Waals surface area (Å²) in [6.45, 7) is 0. The standard InChI is InChI=1S/C14H12N4/c15-14(18-16)17-12-8-7-10-4-1-3-9-5-2-6-11(12)13(9)10/h1-8H,16H2,(H2,15,18). The number of guanidine groups is 1. The zero-order chi connectivity index (χ0) is 12.5. The average Bonchev–Trinajstić information content (AvgIpc) is 2.42. The van der Waals surface area contributed by atoms with Crippen molar-refractivity contribution >= 4 is 28.5 Å². The zero-order valence-corrected chi connectivity index (χ0v) is 9.67. The summed E-state index contributed by atoms with van der Waals surface area (Å²) in [5.41, 5.74) is 8.58. The smallest absolute Gasteiger partial charge is 0.237 e. The van der Waals surface area contributed by atoms with Gasteiger partial charge in [-0.15, -0.1) is 5.10 Å². The van der Waals surface area contributed by atoms with Crippen molar-refractivity contribution in [2.45, 2.75) is 0 Å². The molecule has 18 heavy (non-hydrogen) atoms. The summed E-state index contributed by atoms with van der Waals surface area (Å²) in [5.74, 6) is 5.19. The van der Waals surface area contributed by atoms with E-state index in [2.05, 4.69) is 28.3 Å². The number of nitrogens with two attached hydrogens (primary N) is 2. The highest BCUT2D eigenvalue weighted by atomic mass is 15.2. The second kappa shape index (κ2) is 4.00. The van der Waals surface area contributed by atoms with E-state index in [0.29, 0.717) is 0 Å². The lowest BCUT2D eigenvalue weighted by Crippen LogP contribution is -2.15. The molecule has 4 nitrogen and oxygen atoms in total. The Morgan fingerprint density at radius 2 is 1.78 bits per heavy atom. The van der Waals surface area contributed by atoms with Gasteiger partial charge in [0, 0.05) is 5.56 Å². The summed E-state index contributed by atoms with van der Waals surface area (Å²) in [6, 6.07) is 12.3. The van der Waals surface area contributed by atoms with E-state index in [1.165, 1.54) is 16.3 Å². The van der Waals surface area contributed by atoms with Crippen molar-refractivity contribution in [2.75, 3.05) is 0 Å². The van der Waals surface area contributed by atoms with Gasteiger partial charge in [-0.2, -0.15) is 0 Å². The fourth-order valence-electron chi connectivity index (χ4n) is 2.23. The minimum atomic E-state index is 0.0750. The fraction of sp³-hybridized carbons (Fsp3) is 0. The van der Waals surface area contributed by atoms with Crippen molar-refractivity contribution < 1.29 is 0 Å². The molecule has 0 radical (unpaired) electrons. The highest BCUT2D eigenvalue weighted by Crippen LogP contribution is 2.28. The number of rotatable bonds is 0. The molecule has 4 heteroatoms. The molecule has 1 aliphatic rings. The lowest BCUT2D eigenvalue weighted by atomic mass is 9.92. The van der Waals surface area contributed by atoms with Crippen LogP contribution < -0.4 is 11.6 Å². The third kappa shape index (κ3) is 1.55. The highest BCUT2D eigenvalue weighted by Gasteiger charge is 2.12. The highest BCUT2D eigenvalue weighted by molar-refractivity contribution is 6.24. The van der Waals surface area contributed by atoms with Crippen LogP contribution in [-0.2, 0) is 0 Å². The summed E-state index contributed by atoms with van der Waals surface area (Å²) >= 11 is 0. The maximum Gasteiger partial charge on any atom is 0.237 e. The Morgan fingerprint density at radius 3 is 2.56 bits per heavy atom. The summed E-state index contributed by atoms with van der Waals surface area (Å²) in [6.07, 6.45) is 3.95. The van der Waals surface area contributed by atoms with Gasteiger partial charge in [-0.3, -0.25) is 0 Å². The van der Waals surface area contributed by atoms with Crippen LogP contribution in [0.2, 0.25) is 0 Å². The second-order valence-corrected chi connectivity index (χ2v) is 4.07. The molecule has 0 saturated heterocycles. The number of aliphatic imine (C=N–C) groups is 1. The minimum Gasteiger partial charge on any atom is -0.367 e. The van der Waals surface area contributed by atoms with Crippen LogP contribution in [0.1, 0.15) is 11.1 Å². The topological polar surface area (TPSA) is 76.8 Å². The van der Waals surface area contributed by atoms with Crippen LogP contribution in [0.15, 0.2) is 52.6 Å². The number of hydrogen-bond acceptors (Lipinski definition) is 2. The average molecular weight is 236 g/mol. The Bertz CT molecular complexity index is 706. The van der Waals surface area contributed by atoms with Crippen LogP contribution >= 0.6 is 0 Å². The van der Waals surface area contributed by atoms with Crippen molar-refractivity contribution in [2.24, 2.45) is 21.7 Å². The first-order valence-electron chi connectivity index (χ1n) is 5.62. The van der Waals surface area contributed by atoms with Crippen LogP contribution in [0.3, 0.4) is 0 Å². The van der Waals surface area contributed by atoms with Crippen molar-refractivity contribution in [3.8, 4) is 0 Å². The number of hydrazone groups is 1. The van der Waals surface area contributed by atoms with Gasteiger partial charge in [0.2, 0.25) is 5.96 Å². The number of allylic oxidation sites excluding steroid dienone is 1. The second-order valence-electron chi connectivity index (χ2n) is 4.07. The molecular weight excluding hydrogens is 224 g/mol. The first-order valence-corrected chi connectivity index (χ1v) is 5.62. The van der Waals surface area contributed by atoms with Crippen LogP contribution in [0.5, 0.6) is 0 Å². The molecule has 0 atom stereocenters. The third-order valence-electron chi connectivity index (χ3n) is 3.00. The van der Waals surface area contributed by atoms with E-state index in [1.807, 2.05) is 30.4 Å². The van der Waals surface area contributed by atoms with Gasteiger partial charge in [0.15, 0.2) is 0 Å². The summed E-state index contributed by atoms with van der Waals surface area (Å²) in [4.78, 5) is 4.21. The molecule has 4 N–H and O–H groups in total. The lowest BCUT2D eigenvalue weighted by Gasteiger charge is -2.13. The molecule has 0 bridgehead atoms. The molecule has 1 aliphatic carbocycles. The Morgan fingerprint density at radius 1 is 1.00 bits per heavy atom. The summed E-state index contributed by atoms with van der Waals surface area (Å²) in [7, 11) is 0. The maximum atomic E-state index is 5.56. The maximum absolute atomic E-state index is 5.56. The van der Waals surface area contributed by atoms with E-state index in [9.17, 15) is 0 Å². The van der Waals surface area contributed by atoms with Crippen LogP contribution in [-0.4, -0.2) is 11.7 Å². The zero-order valence-electron chi connectivity index (χ0n) is 9.67. The molecule has 0 fully saturated rings. The molecule has 2 aromatic carbocycles. The number of benzene rings is 2. The molecule has 88 valence electrons. The van der Waals surface area contributed by atoms with Gasteiger partial charge in [0.1, 0.15) is 0 Å². The predicted octanol–water partition coefficient (Wildman–Crippen LogP) is 1.84. The molecule has 0 aromatic heterocycles. The summed E-state index contributed by atoms with van der Waals surface area (Å²) < 4.78 is 0. The van der Waals surface area contributed by atoms with Gasteiger partial charge in [-0.25, -0.2) is 4.99 Å². The fourth-order valence-corrected chi connectivity index (χ4v) is 2.23. The summed E-state index contributed by atoms with van der Waals surface area (Å²) in [5, 5.41) is 5.75. The van der Waals surface area contributed by atoms with E-state index in [-0.39, 0.29) is 5.96 Å². The van der Waals surface area contributed by atoms with E-state index in [4.69, 9.17) is 11.6 Å². The Labute approximate surface area is 104 Å². The molecule has 0 spiro atoms. The Hall–Kier alpha value is -2.62. The molecule has 0 unspecified atom stereocenters. The van der Waals surface area contributed by atoms with Crippen molar-refractivity contribution in [3.63, 3.8) is 0 Å². The number of nitrogens with zero attached hydrogens (tertiary/aromatic N) is 2. The monoisotopic (exact) mass is 236 g/mol. The van der Waals surface area contributed by atoms with Gasteiger partial charge in [0.05, 0.1) is 5.71 Å². The van der Waals surface area contributed by atoms with Crippen LogP contribution in [0.4, 0.5) is 0 Å². The Balaban J connectivity index is 2.32. The quantitative estimate of drug-likeness (QED) is 0.317. The van der Waals surface area contributed by atoms with Crippen LogP contribution in [0.25, 0.3) is 16.8 Å². The Kier molecular flexibility index (Phi) is 2.34. The van der Waals surface area contributed by atoms with E-state index in [0.717, 1.165) is 11.3 Å². The molecule has 3 rings (SSSR count). The van der Waals surface area contributed by atoms with Crippen molar-refractivity contribution in [3.05, 3.63) is 53.6 Å². The van der Waals surface area contributed by atoms with Gasteiger partial charge in [-0.05, 0) is 22.4 Å². The first kappa shape index (κ1) is 10.5. The van der Waals surface area contributed by atoms with Gasteiger partial charge in [-0.1, -0.05) is 42.5 Å². The van der Waals surface area contributed by atoms with E-state index in [1.54, 1.807) is 0 Å². The molecular formula is C14H12N4. The SMILES string of the molecule is N/N=C(\N)N=C1C=Cc2cccc3cccc1c23. The normalized spacial score (nSPS) is 16.4. The van der Waals surface area contributed by atoms with Crippen molar-refractivity contribution in [1.82, 2.24) is 0 Å². The molecule has 2 aromatic rings. The van der Waals surface area contributed by atoms with Gasteiger partial charge in [0.25, 0.3) is 0 Å². The number of hydrogen-bond donors (Lipinski definition) is 2. The molecule has 0 heterocycles. The van der Waals surface area contributed by atoms with Crippen LogP contribution in [0, 0.1) is 0 Å². The third-order valence-corrected chi connectivity index (χ3v) is 3.00. The largest absolute Gasteiger partial charge is 0.367 e. The van der Waals surface area contributed by atoms with Gasteiger partial charge >= 0.3 is 0 Å². The molecule has 0 saturated carbocycles. The molecule has 0 aliphatic heterocycles. The van der Waals surface area contributed by atoms with E-state index >= 15 is 0 Å². The van der Waals surface area contributed by atoms with E-state index < -0.39 is 0 Å².